The van der Waals surface area contributed by atoms with Gasteiger partial charge in [-0.15, -0.1) is 0 Å². The van der Waals surface area contributed by atoms with Gasteiger partial charge in [-0.3, -0.25) is 0 Å². The summed E-state index contributed by atoms with van der Waals surface area (Å²) in [6.45, 7) is 5.10. The number of phenols is 2. The topological polar surface area (TPSA) is 90.6 Å². The number of aromatic hydroxyl groups is 2. The summed E-state index contributed by atoms with van der Waals surface area (Å²) in [5.74, 6) is -0.300. The van der Waals surface area contributed by atoms with Gasteiger partial charge >= 0.3 is 5.97 Å². The molecule has 17 heavy (non-hydrogen) atoms. The summed E-state index contributed by atoms with van der Waals surface area (Å²) in [4.78, 5) is 10.4. The molecular weight excluding hydrogens is 222 g/mol. The number of ether oxygens (including phenoxy) is 1. The highest BCUT2D eigenvalue weighted by atomic mass is 16.5. The highest BCUT2D eigenvalue weighted by molar-refractivity contribution is 5.91. The molecule has 1 rings (SSSR count). The minimum absolute atomic E-state index is 0.156. The fourth-order valence-electron chi connectivity index (χ4n) is 0.716. The van der Waals surface area contributed by atoms with Gasteiger partial charge in [-0.05, 0) is 31.2 Å². The molecule has 90 valence electrons. The Labute approximate surface area is 99.2 Å². The lowest BCUT2D eigenvalue weighted by atomic mass is 10.3. The number of hydrogen-bond donors (Lipinski definition) is 2. The first-order chi connectivity index (χ1) is 8.01. The van der Waals surface area contributed by atoms with Crippen LogP contribution in [0.3, 0.4) is 0 Å². The first kappa shape index (κ1) is 14.5. The molecule has 0 amide bonds. The minimum atomic E-state index is -0.639. The van der Waals surface area contributed by atoms with E-state index in [1.807, 2.05) is 0 Å². The van der Waals surface area contributed by atoms with Crippen LogP contribution in [0.15, 0.2) is 36.4 Å². The number of carbonyl (C=O) groups excluding carboxylic acids is 1. The van der Waals surface area contributed by atoms with Crippen LogP contribution in [0.2, 0.25) is 0 Å². The highest BCUT2D eigenvalue weighted by Crippen LogP contribution is 2.13. The molecule has 0 bridgehead atoms. The van der Waals surface area contributed by atoms with Crippen molar-refractivity contribution in [2.45, 2.75) is 6.92 Å². The summed E-state index contributed by atoms with van der Waals surface area (Å²) in [5, 5.41) is 25.4. The number of nitrogens with zero attached hydrogens (tertiary/aromatic N) is 1. The average molecular weight is 235 g/mol. The first-order valence-corrected chi connectivity index (χ1v) is 4.75. The van der Waals surface area contributed by atoms with Gasteiger partial charge in [0.05, 0.1) is 6.61 Å². The molecule has 1 aromatic carbocycles. The lowest BCUT2D eigenvalue weighted by Crippen LogP contribution is -2.04. The van der Waals surface area contributed by atoms with Crippen molar-refractivity contribution in [3.05, 3.63) is 36.4 Å². The second kappa shape index (κ2) is 7.77. The number of carbonyl (C=O) groups is 1. The molecular formula is C12H13NO4. The zero-order valence-corrected chi connectivity index (χ0v) is 9.38. The van der Waals surface area contributed by atoms with Crippen molar-refractivity contribution in [1.82, 2.24) is 0 Å². The Kier molecular flexibility index (Phi) is 6.63. The number of rotatable bonds is 2. The molecule has 0 radical (unpaired) electrons. The van der Waals surface area contributed by atoms with Gasteiger partial charge in [0.15, 0.2) is 0 Å². The Morgan fingerprint density at radius 1 is 1.35 bits per heavy atom. The summed E-state index contributed by atoms with van der Waals surface area (Å²) >= 11 is 0. The van der Waals surface area contributed by atoms with Crippen molar-refractivity contribution in [3.63, 3.8) is 0 Å². The third kappa shape index (κ3) is 6.57. The largest absolute Gasteiger partial charge is 0.508 e. The number of esters is 1. The second-order valence-electron chi connectivity index (χ2n) is 2.83. The molecule has 2 N–H and O–H groups in total. The summed E-state index contributed by atoms with van der Waals surface area (Å²) in [7, 11) is 0. The Hall–Kier alpha value is -2.48. The smallest absolute Gasteiger partial charge is 0.348 e. The molecule has 0 saturated carbocycles. The fraction of sp³-hybridized carbons (Fsp3) is 0.167. The third-order valence-corrected chi connectivity index (χ3v) is 1.51. The van der Waals surface area contributed by atoms with E-state index in [0.717, 1.165) is 0 Å². The minimum Gasteiger partial charge on any atom is -0.508 e. The number of phenolic OH excluding ortho intramolecular Hbond substituents is 2. The van der Waals surface area contributed by atoms with E-state index >= 15 is 0 Å². The predicted octanol–water partition coefficient (Wildman–Crippen LogP) is 1.73. The van der Waals surface area contributed by atoms with Crippen LogP contribution in [0.4, 0.5) is 0 Å². The van der Waals surface area contributed by atoms with Crippen molar-refractivity contribution in [2.75, 3.05) is 6.61 Å². The average Bonchev–Trinajstić information content (AvgIpc) is 2.33. The molecule has 0 atom stereocenters. The molecule has 5 heteroatoms. The van der Waals surface area contributed by atoms with Crippen LogP contribution >= 0.6 is 0 Å². The first-order valence-electron chi connectivity index (χ1n) is 4.75. The number of hydrogen-bond acceptors (Lipinski definition) is 5. The predicted molar refractivity (Wildman–Crippen MR) is 61.2 cm³/mol. The molecule has 0 fully saturated rings. The van der Waals surface area contributed by atoms with Crippen LogP contribution in [0.25, 0.3) is 0 Å². The molecule has 1 aromatic rings. The van der Waals surface area contributed by atoms with E-state index in [1.165, 1.54) is 24.3 Å². The van der Waals surface area contributed by atoms with Crippen LogP contribution in [0.5, 0.6) is 11.5 Å². The van der Waals surface area contributed by atoms with Crippen LogP contribution in [0, 0.1) is 11.3 Å². The summed E-state index contributed by atoms with van der Waals surface area (Å²) in [6, 6.07) is 7.28. The molecule has 0 saturated heterocycles. The zero-order valence-electron chi connectivity index (χ0n) is 9.38. The van der Waals surface area contributed by atoms with Gasteiger partial charge in [0.25, 0.3) is 0 Å². The molecule has 5 nitrogen and oxygen atoms in total. The summed E-state index contributed by atoms with van der Waals surface area (Å²) < 4.78 is 4.43. The monoisotopic (exact) mass is 235 g/mol. The van der Waals surface area contributed by atoms with Crippen molar-refractivity contribution >= 4 is 5.97 Å². The maximum atomic E-state index is 10.4. The van der Waals surface area contributed by atoms with E-state index in [9.17, 15) is 4.79 Å². The van der Waals surface area contributed by atoms with Crippen LogP contribution in [-0.4, -0.2) is 22.8 Å². The van der Waals surface area contributed by atoms with E-state index < -0.39 is 5.97 Å². The molecule has 0 unspecified atom stereocenters. The number of nitriles is 1. The van der Waals surface area contributed by atoms with Gasteiger partial charge in [0.2, 0.25) is 0 Å². The Morgan fingerprint density at radius 2 is 1.76 bits per heavy atom. The number of benzene rings is 1. The normalized spacial score (nSPS) is 8.24. The van der Waals surface area contributed by atoms with Crippen molar-refractivity contribution in [3.8, 4) is 17.6 Å². The zero-order chi connectivity index (χ0) is 13.3. The highest BCUT2D eigenvalue weighted by Gasteiger charge is 2.03. The lowest BCUT2D eigenvalue weighted by Gasteiger charge is -1.95. The van der Waals surface area contributed by atoms with Crippen molar-refractivity contribution in [1.29, 1.82) is 5.26 Å². The van der Waals surface area contributed by atoms with Crippen LogP contribution in [-0.2, 0) is 9.53 Å². The van der Waals surface area contributed by atoms with Crippen molar-refractivity contribution < 1.29 is 19.7 Å². The van der Waals surface area contributed by atoms with Gasteiger partial charge in [-0.25, -0.2) is 4.79 Å². The maximum Gasteiger partial charge on any atom is 0.348 e. The van der Waals surface area contributed by atoms with Gasteiger partial charge in [-0.2, -0.15) is 5.26 Å². The van der Waals surface area contributed by atoms with E-state index in [0.29, 0.717) is 0 Å². The fourth-order valence-corrected chi connectivity index (χ4v) is 0.716. The van der Waals surface area contributed by atoms with Crippen molar-refractivity contribution in [2.24, 2.45) is 0 Å². The van der Waals surface area contributed by atoms with E-state index in [-0.39, 0.29) is 23.7 Å². The van der Waals surface area contributed by atoms with Gasteiger partial charge < -0.3 is 14.9 Å². The Morgan fingerprint density at radius 3 is 2.06 bits per heavy atom. The maximum absolute atomic E-state index is 10.4. The standard InChI is InChI=1S/C6H7NO2.C6H6O2/c1-3-9-6(8)5(2)4-7;7-5-1-2-6(8)4-3-5/h2-3H2,1H3;1-4,7-8H. The van der Waals surface area contributed by atoms with Gasteiger partial charge in [0, 0.05) is 0 Å². The summed E-state index contributed by atoms with van der Waals surface area (Å²) in [6.07, 6.45) is 0. The van der Waals surface area contributed by atoms with Gasteiger partial charge in [0.1, 0.15) is 23.1 Å². The van der Waals surface area contributed by atoms with E-state index in [2.05, 4.69) is 11.3 Å². The van der Waals surface area contributed by atoms with Crippen LogP contribution in [0.1, 0.15) is 6.92 Å². The van der Waals surface area contributed by atoms with Gasteiger partial charge in [-0.1, -0.05) is 6.58 Å². The SMILES string of the molecule is C=C(C#N)C(=O)OCC.Oc1ccc(O)cc1. The summed E-state index contributed by atoms with van der Waals surface area (Å²) in [5.41, 5.74) is -0.156. The van der Waals surface area contributed by atoms with E-state index in [1.54, 1.807) is 13.0 Å². The Balaban J connectivity index is 0.000000302. The molecule has 0 heterocycles. The molecule has 0 aliphatic heterocycles. The third-order valence-electron chi connectivity index (χ3n) is 1.51. The second-order valence-corrected chi connectivity index (χ2v) is 2.83. The molecule has 0 aliphatic carbocycles. The van der Waals surface area contributed by atoms with E-state index in [4.69, 9.17) is 15.5 Å². The molecule has 0 aliphatic rings. The van der Waals surface area contributed by atoms with Crippen LogP contribution < -0.4 is 0 Å². The molecule has 0 aromatic heterocycles. The lowest BCUT2D eigenvalue weighted by molar-refractivity contribution is -0.137. The quantitative estimate of drug-likeness (QED) is 0.352. The molecule has 0 spiro atoms. The Bertz CT molecular complexity index is 396.